The Morgan fingerprint density at radius 3 is 2.45 bits per heavy atom. The van der Waals surface area contributed by atoms with E-state index in [1.165, 1.54) is 4.90 Å². The summed E-state index contributed by atoms with van der Waals surface area (Å²) in [7, 11) is 0. The summed E-state index contributed by atoms with van der Waals surface area (Å²) in [6.07, 6.45) is -0.407. The number of benzene rings is 1. The Kier molecular flexibility index (Phi) is 5.70. The fourth-order valence-corrected chi connectivity index (χ4v) is 3.95. The molecule has 2 heterocycles. The molecule has 3 unspecified atom stereocenters. The van der Waals surface area contributed by atoms with Crippen LogP contribution in [0.2, 0.25) is 0 Å². The first-order valence-electron chi connectivity index (χ1n) is 10.1. The number of nitrogens with zero attached hydrogens (tertiary/aromatic N) is 1. The van der Waals surface area contributed by atoms with Crippen molar-refractivity contribution in [3.05, 3.63) is 35.4 Å². The first-order valence-corrected chi connectivity index (χ1v) is 10.1. The third kappa shape index (κ3) is 4.60. The highest BCUT2D eigenvalue weighted by molar-refractivity contribution is 6.03. The maximum atomic E-state index is 14.9. The van der Waals surface area contributed by atoms with Crippen LogP contribution < -0.4 is 5.32 Å². The molecule has 2 aliphatic heterocycles. The van der Waals surface area contributed by atoms with Gasteiger partial charge in [0.15, 0.2) is 0 Å². The smallest absolute Gasteiger partial charge is 0.410 e. The molecule has 6 nitrogen and oxygen atoms in total. The van der Waals surface area contributed by atoms with Gasteiger partial charge in [-0.05, 0) is 51.7 Å². The van der Waals surface area contributed by atoms with Crippen LogP contribution in [0.3, 0.4) is 0 Å². The topological polar surface area (TPSA) is 75.7 Å². The number of hydrogen-bond donors (Lipinski definition) is 1. The van der Waals surface area contributed by atoms with Gasteiger partial charge in [0.1, 0.15) is 11.8 Å². The number of nitrogens with one attached hydrogen (secondary N) is 1. The minimum absolute atomic E-state index is 0.00354. The van der Waals surface area contributed by atoms with E-state index in [4.69, 9.17) is 4.74 Å². The van der Waals surface area contributed by atoms with Gasteiger partial charge >= 0.3 is 6.09 Å². The third-order valence-corrected chi connectivity index (χ3v) is 5.78. The molecule has 0 spiro atoms. The Hall–Kier alpha value is -2.44. The van der Waals surface area contributed by atoms with Crippen LogP contribution >= 0.6 is 0 Å². The fourth-order valence-electron chi connectivity index (χ4n) is 3.95. The van der Waals surface area contributed by atoms with Gasteiger partial charge in [-0.3, -0.25) is 14.9 Å². The Balaban J connectivity index is 1.67. The number of rotatable bonds is 2. The van der Waals surface area contributed by atoms with Crippen molar-refractivity contribution in [3.63, 3.8) is 0 Å². The molecule has 1 aromatic carbocycles. The lowest BCUT2D eigenvalue weighted by atomic mass is 9.75. The van der Waals surface area contributed by atoms with Gasteiger partial charge in [-0.25, -0.2) is 9.18 Å². The molecule has 2 fully saturated rings. The molecule has 1 aromatic rings. The second-order valence-corrected chi connectivity index (χ2v) is 9.17. The quantitative estimate of drug-likeness (QED) is 0.766. The average molecular weight is 404 g/mol. The van der Waals surface area contributed by atoms with Crippen molar-refractivity contribution in [3.8, 4) is 0 Å². The molecule has 0 bridgehead atoms. The molecule has 3 rings (SSSR count). The first kappa shape index (κ1) is 21.3. The number of ether oxygens (including phenoxy) is 1. The average Bonchev–Trinajstić information content (AvgIpc) is 2.64. The number of imide groups is 1. The van der Waals surface area contributed by atoms with Gasteiger partial charge in [-0.1, -0.05) is 24.3 Å². The zero-order valence-electron chi connectivity index (χ0n) is 17.5. The summed E-state index contributed by atoms with van der Waals surface area (Å²) in [4.78, 5) is 37.4. The van der Waals surface area contributed by atoms with E-state index in [-0.39, 0.29) is 24.3 Å². The van der Waals surface area contributed by atoms with Crippen molar-refractivity contribution in [1.29, 1.82) is 0 Å². The van der Waals surface area contributed by atoms with Crippen LogP contribution in [-0.2, 0) is 19.7 Å². The van der Waals surface area contributed by atoms with Crippen molar-refractivity contribution in [2.75, 3.05) is 13.1 Å². The molecule has 2 saturated heterocycles. The van der Waals surface area contributed by atoms with Gasteiger partial charge in [-0.2, -0.15) is 0 Å². The summed E-state index contributed by atoms with van der Waals surface area (Å²) in [5.74, 6) is -0.853. The molecular weight excluding hydrogens is 375 g/mol. The molecule has 29 heavy (non-hydrogen) atoms. The second-order valence-electron chi connectivity index (χ2n) is 9.17. The lowest BCUT2D eigenvalue weighted by molar-refractivity contribution is -0.137. The molecule has 1 N–H and O–H groups in total. The second kappa shape index (κ2) is 7.76. The standard InChI is InChI=1S/C22H29FN2O4/c1-21(2,3)29-20(28)25-12-10-16(17(23)13-25)14-5-7-15(8-6-14)22(4)11-9-18(26)24-19(22)27/h5-8,16-17H,9-13H2,1-4H3,(H,24,26,27). The Morgan fingerprint density at radius 2 is 1.90 bits per heavy atom. The number of amides is 3. The Bertz CT molecular complexity index is 802. The van der Waals surface area contributed by atoms with Crippen LogP contribution in [0.4, 0.5) is 9.18 Å². The van der Waals surface area contributed by atoms with Crippen LogP contribution in [0.15, 0.2) is 24.3 Å². The van der Waals surface area contributed by atoms with Gasteiger partial charge in [0.2, 0.25) is 11.8 Å². The van der Waals surface area contributed by atoms with Crippen molar-refractivity contribution in [1.82, 2.24) is 10.2 Å². The van der Waals surface area contributed by atoms with Crippen molar-refractivity contribution in [2.45, 2.75) is 70.1 Å². The van der Waals surface area contributed by atoms with Gasteiger partial charge in [0, 0.05) is 18.9 Å². The van der Waals surface area contributed by atoms with E-state index < -0.39 is 23.3 Å². The van der Waals surface area contributed by atoms with Crippen molar-refractivity contribution in [2.24, 2.45) is 0 Å². The summed E-state index contributed by atoms with van der Waals surface area (Å²) < 4.78 is 20.2. The fraction of sp³-hybridized carbons (Fsp3) is 0.591. The van der Waals surface area contributed by atoms with E-state index in [0.717, 1.165) is 11.1 Å². The maximum absolute atomic E-state index is 14.9. The van der Waals surface area contributed by atoms with E-state index >= 15 is 0 Å². The maximum Gasteiger partial charge on any atom is 0.410 e. The summed E-state index contributed by atoms with van der Waals surface area (Å²) in [6, 6.07) is 7.39. The molecule has 0 aromatic heterocycles. The van der Waals surface area contributed by atoms with Gasteiger partial charge in [-0.15, -0.1) is 0 Å². The Labute approximate surface area is 170 Å². The normalized spacial score (nSPS) is 28.1. The molecule has 158 valence electrons. The number of hydrogen-bond acceptors (Lipinski definition) is 4. The number of likely N-dealkylation sites (tertiary alicyclic amines) is 1. The highest BCUT2D eigenvalue weighted by Crippen LogP contribution is 2.35. The predicted octanol–water partition coefficient (Wildman–Crippen LogP) is 3.44. The summed E-state index contributed by atoms with van der Waals surface area (Å²) in [5, 5.41) is 2.40. The molecule has 3 amide bonds. The molecule has 3 atom stereocenters. The molecule has 2 aliphatic rings. The molecule has 0 saturated carbocycles. The molecular formula is C22H29FN2O4. The van der Waals surface area contributed by atoms with E-state index in [9.17, 15) is 18.8 Å². The largest absolute Gasteiger partial charge is 0.444 e. The number of carbonyl (C=O) groups excluding carboxylic acids is 3. The molecule has 0 aliphatic carbocycles. The number of carbonyl (C=O) groups is 3. The van der Waals surface area contributed by atoms with Gasteiger partial charge in [0.25, 0.3) is 0 Å². The van der Waals surface area contributed by atoms with E-state index in [1.54, 1.807) is 20.8 Å². The van der Waals surface area contributed by atoms with Crippen molar-refractivity contribution >= 4 is 17.9 Å². The minimum Gasteiger partial charge on any atom is -0.444 e. The highest BCUT2D eigenvalue weighted by Gasteiger charge is 2.40. The lowest BCUT2D eigenvalue weighted by Gasteiger charge is -2.36. The summed E-state index contributed by atoms with van der Waals surface area (Å²) in [5.41, 5.74) is 0.289. The van der Waals surface area contributed by atoms with Crippen LogP contribution in [-0.4, -0.2) is 47.7 Å². The van der Waals surface area contributed by atoms with Gasteiger partial charge in [0.05, 0.1) is 12.0 Å². The van der Waals surface area contributed by atoms with E-state index in [1.807, 2.05) is 31.2 Å². The number of halogens is 1. The van der Waals surface area contributed by atoms with E-state index in [2.05, 4.69) is 5.32 Å². The number of alkyl halides is 1. The third-order valence-electron chi connectivity index (χ3n) is 5.78. The van der Waals surface area contributed by atoms with E-state index in [0.29, 0.717) is 25.8 Å². The van der Waals surface area contributed by atoms with Crippen LogP contribution in [0.25, 0.3) is 0 Å². The van der Waals surface area contributed by atoms with Crippen LogP contribution in [0.1, 0.15) is 64.0 Å². The summed E-state index contributed by atoms with van der Waals surface area (Å²) in [6.45, 7) is 7.62. The predicted molar refractivity (Wildman–Crippen MR) is 106 cm³/mol. The Morgan fingerprint density at radius 1 is 1.24 bits per heavy atom. The van der Waals surface area contributed by atoms with Gasteiger partial charge < -0.3 is 9.64 Å². The monoisotopic (exact) mass is 404 g/mol. The SMILES string of the molecule is CC(C)(C)OC(=O)N1CCC(c2ccc(C3(C)CCC(=O)NC3=O)cc2)C(F)C1. The van der Waals surface area contributed by atoms with Crippen LogP contribution in [0.5, 0.6) is 0 Å². The van der Waals surface area contributed by atoms with Crippen molar-refractivity contribution < 1.29 is 23.5 Å². The zero-order chi connectivity index (χ0) is 21.4. The lowest BCUT2D eigenvalue weighted by Crippen LogP contribution is -2.49. The highest BCUT2D eigenvalue weighted by atomic mass is 19.1. The van der Waals surface area contributed by atoms with Crippen LogP contribution in [0, 0.1) is 0 Å². The zero-order valence-corrected chi connectivity index (χ0v) is 17.5. The molecule has 7 heteroatoms. The minimum atomic E-state index is -1.19. The number of piperidine rings is 2. The molecule has 0 radical (unpaired) electrons. The summed E-state index contributed by atoms with van der Waals surface area (Å²) >= 11 is 0. The first-order chi connectivity index (χ1) is 13.5.